The molecule has 344 valence electrons. The van der Waals surface area contributed by atoms with Crippen molar-refractivity contribution in [2.24, 2.45) is 0 Å². The van der Waals surface area contributed by atoms with Crippen LogP contribution in [0.25, 0.3) is 0 Å². The minimum Gasteiger partial charge on any atom is -0.412 e. The van der Waals surface area contributed by atoms with E-state index in [0.29, 0.717) is 0 Å². The van der Waals surface area contributed by atoms with Crippen molar-refractivity contribution in [2.75, 3.05) is 52.4 Å². The predicted octanol–water partition coefficient (Wildman–Crippen LogP) is 8.31. The second-order valence-corrected chi connectivity index (χ2v) is 18.3. The highest BCUT2D eigenvalue weighted by molar-refractivity contribution is 8.00. The highest BCUT2D eigenvalue weighted by Gasteiger charge is 2.33. The van der Waals surface area contributed by atoms with Gasteiger partial charge in [-0.05, 0) is 109 Å². The summed E-state index contributed by atoms with van der Waals surface area (Å²) in [4.78, 5) is 18.0. The second kappa shape index (κ2) is 24.2. The molecule has 2 aliphatic heterocycles. The number of hydrogen-bond acceptors (Lipinski definition) is 10. The van der Waals surface area contributed by atoms with E-state index in [1.165, 1.54) is 48.5 Å². The van der Waals surface area contributed by atoms with E-state index in [1.54, 1.807) is 84.4 Å². The zero-order valence-electron chi connectivity index (χ0n) is 36.4. The number of aliphatic hydroxyl groups excluding tert-OH is 2. The normalized spacial score (nSPS) is 17.1. The van der Waals surface area contributed by atoms with Crippen molar-refractivity contribution < 1.29 is 33.3 Å². The first-order valence-corrected chi connectivity index (χ1v) is 23.3. The van der Waals surface area contributed by atoms with E-state index in [4.69, 9.17) is 0 Å². The lowest BCUT2D eigenvalue weighted by Gasteiger charge is -2.43. The van der Waals surface area contributed by atoms with Crippen LogP contribution < -0.4 is 0 Å². The Labute approximate surface area is 387 Å². The average Bonchev–Trinajstić information content (AvgIpc) is 3.31. The van der Waals surface area contributed by atoms with Crippen LogP contribution in [0.15, 0.2) is 156 Å². The zero-order chi connectivity index (χ0) is 45.0. The van der Waals surface area contributed by atoms with Gasteiger partial charge in [0.05, 0.1) is 45.1 Å². The third-order valence-electron chi connectivity index (χ3n) is 11.5. The number of benzene rings is 4. The monoisotopic (exact) mass is 928 g/mol. The molecule has 15 heteroatoms. The molecular weight excluding hydrogens is 873 g/mol. The van der Waals surface area contributed by atoms with Crippen molar-refractivity contribution in [3.05, 3.63) is 191 Å². The van der Waals surface area contributed by atoms with Gasteiger partial charge in [-0.15, -0.1) is 0 Å². The first-order chi connectivity index (χ1) is 31.0. The molecule has 6 aromatic rings. The fourth-order valence-corrected chi connectivity index (χ4v) is 10.5. The van der Waals surface area contributed by atoms with Crippen molar-refractivity contribution in [1.82, 2.24) is 29.6 Å². The molecule has 0 amide bonds. The molecule has 4 aromatic carbocycles. The molecule has 8 rings (SSSR count). The molecule has 2 aliphatic rings. The number of hydrogen-bond donors (Lipinski definition) is 2. The lowest BCUT2D eigenvalue weighted by molar-refractivity contribution is 0.0554. The van der Waals surface area contributed by atoms with Crippen LogP contribution in [0.1, 0.15) is 48.2 Å². The van der Waals surface area contributed by atoms with Gasteiger partial charge in [-0.2, -0.15) is 0 Å². The van der Waals surface area contributed by atoms with Gasteiger partial charge in [0.25, 0.3) is 0 Å². The molecule has 2 saturated heterocycles. The van der Waals surface area contributed by atoms with Gasteiger partial charge in [0.1, 0.15) is 23.3 Å². The topological polar surface area (TPSA) is 111 Å². The van der Waals surface area contributed by atoms with E-state index in [1.807, 2.05) is 50.2 Å². The Morgan fingerprint density at radius 2 is 0.677 bits per heavy atom. The van der Waals surface area contributed by atoms with Crippen LogP contribution in [-0.4, -0.2) is 121 Å². The van der Waals surface area contributed by atoms with Gasteiger partial charge >= 0.3 is 0 Å². The first-order valence-electron chi connectivity index (χ1n) is 21.5. The molecule has 0 saturated carbocycles. The molecule has 0 aliphatic carbocycles. The van der Waals surface area contributed by atoms with Crippen LogP contribution in [0.2, 0.25) is 0 Å². The number of nitrogens with zero attached hydrogens (tertiary/aromatic N) is 6. The maximum atomic E-state index is 13.5. The predicted molar refractivity (Wildman–Crippen MR) is 250 cm³/mol. The Kier molecular flexibility index (Phi) is 18.5. The third kappa shape index (κ3) is 13.7. The number of halogens is 4. The molecule has 0 radical (unpaired) electrons. The Morgan fingerprint density at radius 1 is 0.415 bits per heavy atom. The lowest BCUT2D eigenvalue weighted by atomic mass is 9.96. The largest absolute Gasteiger partial charge is 0.412 e. The van der Waals surface area contributed by atoms with Crippen LogP contribution in [0.5, 0.6) is 0 Å². The molecule has 4 atom stereocenters. The average molecular weight is 929 g/mol. The Bertz CT molecular complexity index is 2030. The van der Waals surface area contributed by atoms with Crippen LogP contribution in [0, 0.1) is 23.3 Å². The van der Waals surface area contributed by atoms with Gasteiger partial charge < -0.3 is 15.7 Å². The van der Waals surface area contributed by atoms with Crippen LogP contribution >= 0.6 is 23.5 Å². The molecule has 2 aromatic heterocycles. The number of piperazine rings is 2. The molecule has 9 nitrogen and oxygen atoms in total. The minimum atomic E-state index is -0.515. The minimum absolute atomic E-state index is 0. The summed E-state index contributed by atoms with van der Waals surface area (Å²) in [6.45, 7) is 9.79. The fraction of sp³-hybridized carbons (Fsp3) is 0.320. The van der Waals surface area contributed by atoms with Gasteiger partial charge in [0.15, 0.2) is 0 Å². The zero-order valence-corrected chi connectivity index (χ0v) is 38.0. The number of rotatable bonds is 14. The van der Waals surface area contributed by atoms with Gasteiger partial charge in [0.2, 0.25) is 0 Å². The van der Waals surface area contributed by atoms with Crippen LogP contribution in [0.4, 0.5) is 17.6 Å². The van der Waals surface area contributed by atoms with Crippen molar-refractivity contribution >= 4 is 23.5 Å². The number of aliphatic hydroxyl groups is 2. The highest BCUT2D eigenvalue weighted by Crippen LogP contribution is 2.35. The summed E-state index contributed by atoms with van der Waals surface area (Å²) < 4.78 is 54.2. The quantitative estimate of drug-likeness (QED) is 0.0818. The van der Waals surface area contributed by atoms with Crippen LogP contribution in [0.3, 0.4) is 0 Å². The van der Waals surface area contributed by atoms with E-state index in [2.05, 4.69) is 29.6 Å². The Morgan fingerprint density at radius 3 is 0.908 bits per heavy atom. The number of pyridine rings is 2. The van der Waals surface area contributed by atoms with Crippen molar-refractivity contribution in [1.29, 1.82) is 0 Å². The first kappa shape index (κ1) is 49.7. The van der Waals surface area contributed by atoms with E-state index in [9.17, 15) is 27.8 Å². The van der Waals surface area contributed by atoms with Gasteiger partial charge in [-0.3, -0.25) is 19.6 Å². The van der Waals surface area contributed by atoms with Crippen molar-refractivity contribution in [3.63, 3.8) is 0 Å². The van der Waals surface area contributed by atoms with E-state index in [-0.39, 0.29) is 51.6 Å². The molecule has 4 heterocycles. The van der Waals surface area contributed by atoms with E-state index < -0.39 is 12.2 Å². The summed E-state index contributed by atoms with van der Waals surface area (Å²) in [5.41, 5.74) is 3.89. The number of thioether (sulfide) groups is 2. The van der Waals surface area contributed by atoms with Gasteiger partial charge in [-0.25, -0.2) is 27.5 Å². The Balaban J connectivity index is 0.000000212. The number of aromatic nitrogens is 2. The summed E-state index contributed by atoms with van der Waals surface area (Å²) in [5, 5.41) is 22.4. The molecule has 4 N–H and O–H groups in total. The Hall–Kier alpha value is -4.68. The molecule has 4 unspecified atom stereocenters. The van der Waals surface area contributed by atoms with E-state index in [0.717, 1.165) is 84.7 Å². The molecule has 65 heavy (non-hydrogen) atoms. The smallest absolute Gasteiger partial charge is 0.123 e. The van der Waals surface area contributed by atoms with Crippen LogP contribution in [-0.2, 0) is 0 Å². The summed E-state index contributed by atoms with van der Waals surface area (Å²) in [6.07, 6.45) is 2.49. The third-order valence-corrected chi connectivity index (χ3v) is 14.3. The van der Waals surface area contributed by atoms with Crippen molar-refractivity contribution in [3.8, 4) is 0 Å². The summed E-state index contributed by atoms with van der Waals surface area (Å²) >= 11 is 3.14. The summed E-state index contributed by atoms with van der Waals surface area (Å²) in [5.74, 6) is -1.10. The lowest BCUT2D eigenvalue weighted by Crippen LogP contribution is -2.52. The standard InChI is InChI=1S/2C25H27F2N3OS.H2O/c2*1-18(31)25(32-23-4-2-3-13-28-23)30-16-14-29(15-17-30)24(19-5-9-21(26)10-6-19)20-7-11-22(27)12-8-20;/h2*2-13,18,24-25,31H,14-17H2,1H3;1H2. The highest BCUT2D eigenvalue weighted by atomic mass is 32.2. The van der Waals surface area contributed by atoms with E-state index >= 15 is 0 Å². The van der Waals surface area contributed by atoms with Gasteiger partial charge in [0, 0.05) is 64.8 Å². The fourth-order valence-electron chi connectivity index (χ4n) is 8.35. The van der Waals surface area contributed by atoms with Gasteiger partial charge in [-0.1, -0.05) is 84.2 Å². The SMILES string of the molecule is CC(O)C(Sc1ccccn1)N1CCN(C(c2ccc(F)cc2)c2ccc(F)cc2)CC1.CC(O)C(Sc1ccccn1)N1CCN(C(c2ccc(F)cc2)c2ccc(F)cc2)CC1.O. The maximum Gasteiger partial charge on any atom is 0.123 e. The maximum absolute atomic E-state index is 13.5. The molecule has 2 fully saturated rings. The summed E-state index contributed by atoms with van der Waals surface area (Å²) in [6, 6.07) is 37.5. The molecule has 0 spiro atoms. The molecular formula is C50H56F4N6O3S2. The second-order valence-electron chi connectivity index (χ2n) is 16.0. The van der Waals surface area contributed by atoms with Crippen molar-refractivity contribution in [2.45, 2.75) is 58.9 Å². The molecule has 0 bridgehead atoms. The summed E-state index contributed by atoms with van der Waals surface area (Å²) in [7, 11) is 0.